The number of carbonyl (C=O) groups is 1. The van der Waals surface area contributed by atoms with Crippen molar-refractivity contribution >= 4 is 5.78 Å². The number of rotatable bonds is 5. The second kappa shape index (κ2) is 5.40. The predicted octanol–water partition coefficient (Wildman–Crippen LogP) is 2.80. The molecule has 0 aliphatic heterocycles. The number of aromatic amines is 1. The average Bonchev–Trinajstić information content (AvgIpc) is 2.89. The molecule has 1 heterocycles. The molecule has 4 nitrogen and oxygen atoms in total. The van der Waals surface area contributed by atoms with Gasteiger partial charge in [0.25, 0.3) is 0 Å². The number of ether oxygens (including phenoxy) is 2. The van der Waals surface area contributed by atoms with Crippen LogP contribution in [0.4, 0.5) is 0 Å². The number of H-pyrrole nitrogens is 1. The molecule has 1 aromatic carbocycles. The van der Waals surface area contributed by atoms with Crippen molar-refractivity contribution in [1.82, 2.24) is 4.98 Å². The zero-order chi connectivity index (χ0) is 13.0. The van der Waals surface area contributed by atoms with Gasteiger partial charge in [-0.05, 0) is 37.3 Å². The smallest absolute Gasteiger partial charge is 0.162 e. The first-order valence-electron chi connectivity index (χ1n) is 5.64. The molecule has 0 amide bonds. The third kappa shape index (κ3) is 2.71. The third-order valence-corrected chi connectivity index (χ3v) is 2.62. The summed E-state index contributed by atoms with van der Waals surface area (Å²) in [5.74, 6) is 1.19. The van der Waals surface area contributed by atoms with E-state index in [1.54, 1.807) is 25.3 Å². The van der Waals surface area contributed by atoms with Crippen molar-refractivity contribution in [2.45, 2.75) is 13.5 Å². The Balaban J connectivity index is 2.18. The van der Waals surface area contributed by atoms with Crippen molar-refractivity contribution in [2.24, 2.45) is 0 Å². The molecule has 2 rings (SSSR count). The molecule has 0 aliphatic rings. The van der Waals surface area contributed by atoms with E-state index in [-0.39, 0.29) is 5.78 Å². The van der Waals surface area contributed by atoms with Crippen LogP contribution in [0.15, 0.2) is 36.5 Å². The number of nitrogens with one attached hydrogen (secondary N) is 1. The highest BCUT2D eigenvalue weighted by molar-refractivity contribution is 5.94. The van der Waals surface area contributed by atoms with E-state index in [2.05, 4.69) is 4.98 Å². The SMILES string of the molecule is COc1ccc(C(C)=O)cc1OCc1ccc[nH]1. The molecule has 0 aliphatic carbocycles. The van der Waals surface area contributed by atoms with Crippen molar-refractivity contribution in [1.29, 1.82) is 0 Å². The molecule has 18 heavy (non-hydrogen) atoms. The van der Waals surface area contributed by atoms with Gasteiger partial charge in [-0.1, -0.05) is 0 Å². The minimum Gasteiger partial charge on any atom is -0.493 e. The molecule has 0 unspecified atom stereocenters. The van der Waals surface area contributed by atoms with Crippen LogP contribution in [0.1, 0.15) is 23.0 Å². The van der Waals surface area contributed by atoms with Gasteiger partial charge in [0.2, 0.25) is 0 Å². The highest BCUT2D eigenvalue weighted by Crippen LogP contribution is 2.28. The zero-order valence-electron chi connectivity index (χ0n) is 10.4. The lowest BCUT2D eigenvalue weighted by Crippen LogP contribution is -2.00. The Labute approximate surface area is 106 Å². The van der Waals surface area contributed by atoms with Crippen LogP contribution in [0.25, 0.3) is 0 Å². The predicted molar refractivity (Wildman–Crippen MR) is 68.1 cm³/mol. The first-order chi connectivity index (χ1) is 8.70. The van der Waals surface area contributed by atoms with E-state index in [1.807, 2.05) is 18.3 Å². The van der Waals surface area contributed by atoms with E-state index in [0.29, 0.717) is 23.7 Å². The second-order valence-electron chi connectivity index (χ2n) is 3.91. The molecule has 94 valence electrons. The number of methoxy groups -OCH3 is 1. The first kappa shape index (κ1) is 12.2. The van der Waals surface area contributed by atoms with Gasteiger partial charge in [0, 0.05) is 11.8 Å². The Hall–Kier alpha value is -2.23. The quantitative estimate of drug-likeness (QED) is 0.824. The van der Waals surface area contributed by atoms with Gasteiger partial charge in [0.1, 0.15) is 6.61 Å². The number of hydrogen-bond donors (Lipinski definition) is 1. The largest absolute Gasteiger partial charge is 0.493 e. The number of benzene rings is 1. The van der Waals surface area contributed by atoms with Crippen LogP contribution in [0.3, 0.4) is 0 Å². The fourth-order valence-electron chi connectivity index (χ4n) is 1.62. The van der Waals surface area contributed by atoms with Gasteiger partial charge in [-0.25, -0.2) is 0 Å². The van der Waals surface area contributed by atoms with Gasteiger partial charge in [0.15, 0.2) is 17.3 Å². The standard InChI is InChI=1S/C14H15NO3/c1-10(16)11-5-6-13(17-2)14(8-11)18-9-12-4-3-7-15-12/h3-8,15H,9H2,1-2H3. The van der Waals surface area contributed by atoms with Crippen molar-refractivity contribution in [3.63, 3.8) is 0 Å². The van der Waals surface area contributed by atoms with Gasteiger partial charge in [-0.15, -0.1) is 0 Å². The maximum Gasteiger partial charge on any atom is 0.162 e. The molecule has 0 radical (unpaired) electrons. The summed E-state index contributed by atoms with van der Waals surface area (Å²) in [4.78, 5) is 14.4. The van der Waals surface area contributed by atoms with E-state index in [4.69, 9.17) is 9.47 Å². The number of hydrogen-bond acceptors (Lipinski definition) is 3. The Kier molecular flexibility index (Phi) is 3.67. The fourth-order valence-corrected chi connectivity index (χ4v) is 1.62. The molecule has 0 saturated carbocycles. The minimum atomic E-state index is 0.00220. The molecule has 0 bridgehead atoms. The lowest BCUT2D eigenvalue weighted by atomic mass is 10.1. The van der Waals surface area contributed by atoms with Crippen LogP contribution in [0, 0.1) is 0 Å². The summed E-state index contributed by atoms with van der Waals surface area (Å²) < 4.78 is 10.9. The summed E-state index contributed by atoms with van der Waals surface area (Å²) in [6.07, 6.45) is 1.84. The molecular weight excluding hydrogens is 230 g/mol. The number of aromatic nitrogens is 1. The number of carbonyl (C=O) groups excluding carboxylic acids is 1. The van der Waals surface area contributed by atoms with Crippen molar-refractivity contribution in [3.8, 4) is 11.5 Å². The molecule has 1 aromatic heterocycles. The highest BCUT2D eigenvalue weighted by atomic mass is 16.5. The zero-order valence-corrected chi connectivity index (χ0v) is 10.4. The number of ketones is 1. The van der Waals surface area contributed by atoms with Gasteiger partial charge in [-0.3, -0.25) is 4.79 Å². The summed E-state index contributed by atoms with van der Waals surface area (Å²) in [6, 6.07) is 9.00. The highest BCUT2D eigenvalue weighted by Gasteiger charge is 2.08. The monoisotopic (exact) mass is 245 g/mol. The lowest BCUT2D eigenvalue weighted by Gasteiger charge is -2.11. The molecule has 4 heteroatoms. The van der Waals surface area contributed by atoms with Gasteiger partial charge in [0.05, 0.1) is 12.8 Å². The van der Waals surface area contributed by atoms with Gasteiger partial charge in [-0.2, -0.15) is 0 Å². The molecule has 0 saturated heterocycles. The maximum absolute atomic E-state index is 11.3. The fraction of sp³-hybridized carbons (Fsp3) is 0.214. The summed E-state index contributed by atoms with van der Waals surface area (Å²) >= 11 is 0. The molecule has 0 atom stereocenters. The summed E-state index contributed by atoms with van der Waals surface area (Å²) in [6.45, 7) is 1.93. The van der Waals surface area contributed by atoms with E-state index >= 15 is 0 Å². The van der Waals surface area contributed by atoms with E-state index in [0.717, 1.165) is 5.69 Å². The van der Waals surface area contributed by atoms with E-state index in [9.17, 15) is 4.79 Å². The average molecular weight is 245 g/mol. The Morgan fingerprint density at radius 2 is 2.11 bits per heavy atom. The maximum atomic E-state index is 11.3. The van der Waals surface area contributed by atoms with Gasteiger partial charge >= 0.3 is 0 Å². The summed E-state index contributed by atoms with van der Waals surface area (Å²) in [5, 5.41) is 0. The molecule has 2 aromatic rings. The first-order valence-corrected chi connectivity index (χ1v) is 5.64. The van der Waals surface area contributed by atoms with Crippen LogP contribution in [-0.4, -0.2) is 17.9 Å². The van der Waals surface area contributed by atoms with Crippen LogP contribution >= 0.6 is 0 Å². The Bertz CT molecular complexity index is 532. The van der Waals surface area contributed by atoms with Crippen molar-refractivity contribution in [3.05, 3.63) is 47.8 Å². The third-order valence-electron chi connectivity index (χ3n) is 2.62. The Morgan fingerprint density at radius 3 is 2.72 bits per heavy atom. The van der Waals surface area contributed by atoms with Gasteiger partial charge < -0.3 is 14.5 Å². The normalized spacial score (nSPS) is 10.1. The Morgan fingerprint density at radius 1 is 1.28 bits per heavy atom. The summed E-state index contributed by atoms with van der Waals surface area (Å²) in [5.41, 5.74) is 1.57. The number of Topliss-reactive ketones (excluding diaryl/α,β-unsaturated/α-hetero) is 1. The molecule has 1 N–H and O–H groups in total. The molecule has 0 fully saturated rings. The van der Waals surface area contributed by atoms with Crippen molar-refractivity contribution < 1.29 is 14.3 Å². The van der Waals surface area contributed by atoms with E-state index < -0.39 is 0 Å². The van der Waals surface area contributed by atoms with Crippen molar-refractivity contribution in [2.75, 3.05) is 7.11 Å². The molecular formula is C14H15NO3. The van der Waals surface area contributed by atoms with Crippen LogP contribution < -0.4 is 9.47 Å². The summed E-state index contributed by atoms with van der Waals surface area (Å²) in [7, 11) is 1.57. The van der Waals surface area contributed by atoms with Crippen LogP contribution in [-0.2, 0) is 6.61 Å². The topological polar surface area (TPSA) is 51.3 Å². The minimum absolute atomic E-state index is 0.00220. The molecule has 0 spiro atoms. The lowest BCUT2D eigenvalue weighted by molar-refractivity contribution is 0.101. The van der Waals surface area contributed by atoms with Crippen LogP contribution in [0.5, 0.6) is 11.5 Å². The van der Waals surface area contributed by atoms with Crippen LogP contribution in [0.2, 0.25) is 0 Å². The van der Waals surface area contributed by atoms with E-state index in [1.165, 1.54) is 6.92 Å². The second-order valence-corrected chi connectivity index (χ2v) is 3.91.